The number of aromatic nitrogens is 3. The fraction of sp³-hybridized carbons (Fsp3) is 0.261. The van der Waals surface area contributed by atoms with Gasteiger partial charge in [0, 0.05) is 16.8 Å². The summed E-state index contributed by atoms with van der Waals surface area (Å²) in [5, 5.41) is 7.86. The number of hydrogen-bond donors (Lipinski definition) is 2. The van der Waals surface area contributed by atoms with Crippen LogP contribution in [-0.2, 0) is 4.79 Å². The maximum Gasteiger partial charge on any atom is 0.248 e. The number of benzene rings is 2. The lowest BCUT2D eigenvalue weighted by Gasteiger charge is -2.28. The van der Waals surface area contributed by atoms with E-state index in [1.54, 1.807) is 45.1 Å². The van der Waals surface area contributed by atoms with E-state index in [1.165, 1.54) is 7.11 Å². The normalized spacial score (nSPS) is 14.9. The van der Waals surface area contributed by atoms with E-state index in [4.69, 9.17) is 29.8 Å². The predicted molar refractivity (Wildman–Crippen MR) is 122 cm³/mol. The Morgan fingerprint density at radius 1 is 1.00 bits per heavy atom. The number of fused-ring (bicyclic) bond motifs is 1. The van der Waals surface area contributed by atoms with Crippen LogP contribution < -0.4 is 30.0 Å². The molecule has 0 radical (unpaired) electrons. The molecule has 0 spiro atoms. The van der Waals surface area contributed by atoms with Crippen LogP contribution in [-0.4, -0.2) is 49.1 Å². The Bertz CT molecular complexity index is 1220. The Balaban J connectivity index is 1.91. The number of nitrogens with zero attached hydrogens (tertiary/aromatic N) is 3. The number of carbonyl (C=O) groups excluding carboxylic acids is 1. The predicted octanol–water partition coefficient (Wildman–Crippen LogP) is 2.75. The minimum absolute atomic E-state index is 0.369. The molecule has 1 aliphatic rings. The summed E-state index contributed by atoms with van der Waals surface area (Å²) in [7, 11) is 6.19. The molecule has 33 heavy (non-hydrogen) atoms. The molecule has 1 amide bonds. The second-order valence-corrected chi connectivity index (χ2v) is 7.29. The van der Waals surface area contributed by atoms with Crippen molar-refractivity contribution in [2.24, 2.45) is 5.73 Å². The Morgan fingerprint density at radius 3 is 2.21 bits per heavy atom. The van der Waals surface area contributed by atoms with E-state index in [1.807, 2.05) is 24.3 Å². The van der Waals surface area contributed by atoms with E-state index in [-0.39, 0.29) is 0 Å². The van der Waals surface area contributed by atoms with Gasteiger partial charge in [0.1, 0.15) is 11.8 Å². The number of rotatable bonds is 7. The van der Waals surface area contributed by atoms with Crippen LogP contribution in [0.4, 0.5) is 5.95 Å². The van der Waals surface area contributed by atoms with Crippen LogP contribution in [0.1, 0.15) is 18.5 Å². The van der Waals surface area contributed by atoms with Gasteiger partial charge in [0.15, 0.2) is 17.3 Å². The third kappa shape index (κ3) is 3.69. The van der Waals surface area contributed by atoms with Crippen LogP contribution in [0.15, 0.2) is 47.7 Å². The highest BCUT2D eigenvalue weighted by Gasteiger charge is 2.35. The number of methoxy groups -OCH3 is 4. The van der Waals surface area contributed by atoms with Gasteiger partial charge in [0.05, 0.1) is 34.0 Å². The lowest BCUT2D eigenvalue weighted by molar-refractivity contribution is -0.115. The lowest BCUT2D eigenvalue weighted by atomic mass is 9.94. The first-order valence-corrected chi connectivity index (χ1v) is 10.1. The molecule has 172 valence electrons. The lowest BCUT2D eigenvalue weighted by Crippen LogP contribution is -2.32. The fourth-order valence-corrected chi connectivity index (χ4v) is 3.98. The maximum absolute atomic E-state index is 12.4. The Labute approximate surface area is 190 Å². The summed E-state index contributed by atoms with van der Waals surface area (Å²) < 4.78 is 23.5. The van der Waals surface area contributed by atoms with Crippen molar-refractivity contribution in [1.82, 2.24) is 14.8 Å². The zero-order valence-electron chi connectivity index (χ0n) is 19.0. The van der Waals surface area contributed by atoms with Crippen molar-refractivity contribution in [2.45, 2.75) is 13.0 Å². The van der Waals surface area contributed by atoms with Crippen LogP contribution in [0.25, 0.3) is 11.4 Å². The monoisotopic (exact) mass is 451 g/mol. The van der Waals surface area contributed by atoms with Crippen molar-refractivity contribution in [3.05, 3.63) is 53.2 Å². The molecule has 1 aliphatic heterocycles. The molecule has 2 aromatic carbocycles. The van der Waals surface area contributed by atoms with Crippen LogP contribution in [0.2, 0.25) is 0 Å². The van der Waals surface area contributed by atoms with Gasteiger partial charge < -0.3 is 30.0 Å². The molecule has 3 N–H and O–H groups in total. The zero-order valence-corrected chi connectivity index (χ0v) is 19.0. The van der Waals surface area contributed by atoms with Crippen molar-refractivity contribution < 1.29 is 23.7 Å². The number of nitrogens with two attached hydrogens (primary N) is 1. The molecular formula is C23H25N5O5. The Morgan fingerprint density at radius 2 is 1.64 bits per heavy atom. The number of allylic oxidation sites excluding steroid dienone is 1. The SMILES string of the molecule is COc1ccccc1[C@@H]1C(C(N)=O)=C(C)Nc2nc(-c3cc(OC)c(OC)c(OC)c3)nn21. The summed E-state index contributed by atoms with van der Waals surface area (Å²) in [5.41, 5.74) is 8.11. The van der Waals surface area contributed by atoms with E-state index in [0.717, 1.165) is 5.56 Å². The highest BCUT2D eigenvalue weighted by atomic mass is 16.5. The van der Waals surface area contributed by atoms with Gasteiger partial charge >= 0.3 is 0 Å². The molecule has 3 aromatic rings. The van der Waals surface area contributed by atoms with Gasteiger partial charge in [-0.2, -0.15) is 4.98 Å². The van der Waals surface area contributed by atoms with Crippen molar-refractivity contribution in [3.8, 4) is 34.4 Å². The number of amides is 1. The second kappa shape index (κ2) is 8.73. The van der Waals surface area contributed by atoms with Crippen LogP contribution >= 0.6 is 0 Å². The highest BCUT2D eigenvalue weighted by Crippen LogP contribution is 2.43. The average Bonchev–Trinajstić information content (AvgIpc) is 3.25. The van der Waals surface area contributed by atoms with Crippen molar-refractivity contribution in [2.75, 3.05) is 33.8 Å². The Hall–Kier alpha value is -4.21. The quantitative estimate of drug-likeness (QED) is 0.562. The molecule has 10 nitrogen and oxygen atoms in total. The number of para-hydroxylation sites is 1. The number of hydrogen-bond acceptors (Lipinski definition) is 8. The van der Waals surface area contributed by atoms with E-state index < -0.39 is 11.9 Å². The summed E-state index contributed by atoms with van der Waals surface area (Å²) in [6.45, 7) is 1.78. The molecule has 0 aliphatic carbocycles. The molecule has 0 bridgehead atoms. The second-order valence-electron chi connectivity index (χ2n) is 7.29. The first kappa shape index (κ1) is 22.0. The van der Waals surface area contributed by atoms with Gasteiger partial charge in [-0.05, 0) is 25.1 Å². The maximum atomic E-state index is 12.4. The molecule has 1 aromatic heterocycles. The van der Waals surface area contributed by atoms with Crippen molar-refractivity contribution in [3.63, 3.8) is 0 Å². The average molecular weight is 451 g/mol. The summed E-state index contributed by atoms with van der Waals surface area (Å²) in [4.78, 5) is 17.1. The smallest absolute Gasteiger partial charge is 0.248 e. The molecular weight excluding hydrogens is 426 g/mol. The van der Waals surface area contributed by atoms with Gasteiger partial charge in [-0.25, -0.2) is 4.68 Å². The largest absolute Gasteiger partial charge is 0.496 e. The number of anilines is 1. The van der Waals surface area contributed by atoms with Crippen molar-refractivity contribution in [1.29, 1.82) is 0 Å². The third-order valence-electron chi connectivity index (χ3n) is 5.47. The van der Waals surface area contributed by atoms with Gasteiger partial charge in [-0.15, -0.1) is 5.10 Å². The number of primary amides is 1. The molecule has 0 saturated heterocycles. The molecule has 1 atom stereocenters. The van der Waals surface area contributed by atoms with E-state index in [2.05, 4.69) is 10.3 Å². The molecule has 4 rings (SSSR count). The van der Waals surface area contributed by atoms with Crippen LogP contribution in [0.3, 0.4) is 0 Å². The Kier molecular flexibility index (Phi) is 5.82. The number of ether oxygens (including phenoxy) is 4. The number of nitrogens with one attached hydrogen (secondary N) is 1. The molecule has 0 saturated carbocycles. The molecule has 0 fully saturated rings. The van der Waals surface area contributed by atoms with E-state index in [0.29, 0.717) is 51.6 Å². The first-order chi connectivity index (χ1) is 15.9. The van der Waals surface area contributed by atoms with E-state index in [9.17, 15) is 4.79 Å². The van der Waals surface area contributed by atoms with Crippen LogP contribution in [0.5, 0.6) is 23.0 Å². The van der Waals surface area contributed by atoms with E-state index >= 15 is 0 Å². The van der Waals surface area contributed by atoms with Gasteiger partial charge in [-0.1, -0.05) is 18.2 Å². The minimum Gasteiger partial charge on any atom is -0.496 e. The third-order valence-corrected chi connectivity index (χ3v) is 5.47. The molecule has 0 unspecified atom stereocenters. The summed E-state index contributed by atoms with van der Waals surface area (Å²) in [6, 6.07) is 10.3. The molecule has 2 heterocycles. The van der Waals surface area contributed by atoms with Crippen molar-refractivity contribution >= 4 is 11.9 Å². The summed E-state index contributed by atoms with van der Waals surface area (Å²) in [5.74, 6) is 2.30. The topological polar surface area (TPSA) is 123 Å². The van der Waals surface area contributed by atoms with Crippen LogP contribution in [0, 0.1) is 0 Å². The standard InChI is InChI=1S/C23H25N5O5/c1-12-18(21(24)29)19(14-8-6-7-9-15(14)30-2)28-23(25-12)26-22(27-28)13-10-16(31-3)20(33-5)17(11-13)32-4/h6-11,19H,1-5H3,(H2,24,29)(H,25,26,27)/t19-/m1/s1. The summed E-state index contributed by atoms with van der Waals surface area (Å²) in [6.07, 6.45) is 0. The van der Waals surface area contributed by atoms with Gasteiger partial charge in [0.25, 0.3) is 0 Å². The minimum atomic E-state index is -0.627. The fourth-order valence-electron chi connectivity index (χ4n) is 3.98. The highest BCUT2D eigenvalue weighted by molar-refractivity contribution is 5.95. The number of carbonyl (C=O) groups is 1. The zero-order chi connectivity index (χ0) is 23.7. The molecule has 10 heteroatoms. The summed E-state index contributed by atoms with van der Waals surface area (Å²) >= 11 is 0. The van der Waals surface area contributed by atoms with Gasteiger partial charge in [-0.3, -0.25) is 4.79 Å². The van der Waals surface area contributed by atoms with Gasteiger partial charge in [0.2, 0.25) is 17.6 Å². The first-order valence-electron chi connectivity index (χ1n) is 10.1.